The van der Waals surface area contributed by atoms with Gasteiger partial charge < -0.3 is 23.7 Å². The maximum Gasteiger partial charge on any atom is 0.338 e. The minimum Gasteiger partial charge on any atom is -0.494 e. The summed E-state index contributed by atoms with van der Waals surface area (Å²) >= 11 is 0. The number of imidazole rings is 1. The lowest BCUT2D eigenvalue weighted by Crippen LogP contribution is -2.49. The number of hydrogen-bond donors (Lipinski definition) is 1. The summed E-state index contributed by atoms with van der Waals surface area (Å²) in [7, 11) is 4.98. The minimum absolute atomic E-state index is 0.396. The molecule has 0 bridgehead atoms. The van der Waals surface area contributed by atoms with Crippen LogP contribution >= 0.6 is 0 Å². The molecule has 188 valence electrons. The maximum atomic E-state index is 12.3. The number of ether oxygens (including phenoxy) is 2. The molecule has 2 fully saturated rings. The molecule has 1 N–H and O–H groups in total. The fraction of sp³-hybridized carbons (Fsp3) is 0.429. The van der Waals surface area contributed by atoms with Crippen LogP contribution in [0.3, 0.4) is 0 Å². The van der Waals surface area contributed by atoms with Crippen LogP contribution in [0.15, 0.2) is 36.4 Å². The SMILES string of the molecule is COC(=O)c1cc(OC)c2c(c1)nc(-c1cc3cccc(C4CN(C(C)O)C4)c3n1CC1CC1)n2C. The molecule has 1 aliphatic heterocycles. The summed E-state index contributed by atoms with van der Waals surface area (Å²) in [6, 6.07) is 12.3. The number of esters is 1. The third-order valence-electron chi connectivity index (χ3n) is 7.77. The quantitative estimate of drug-likeness (QED) is 0.394. The zero-order valence-corrected chi connectivity index (χ0v) is 21.2. The van der Waals surface area contributed by atoms with E-state index in [1.54, 1.807) is 19.2 Å². The van der Waals surface area contributed by atoms with E-state index in [9.17, 15) is 9.90 Å². The van der Waals surface area contributed by atoms with Crippen LogP contribution < -0.4 is 4.74 Å². The molecule has 36 heavy (non-hydrogen) atoms. The average molecular weight is 489 g/mol. The Morgan fingerprint density at radius 2 is 1.94 bits per heavy atom. The topological polar surface area (TPSA) is 81.8 Å². The molecule has 8 heteroatoms. The molecule has 0 spiro atoms. The van der Waals surface area contributed by atoms with E-state index in [1.807, 2.05) is 14.0 Å². The zero-order chi connectivity index (χ0) is 25.1. The fourth-order valence-electron chi connectivity index (χ4n) is 5.56. The number of fused-ring (bicyclic) bond motifs is 2. The van der Waals surface area contributed by atoms with Gasteiger partial charge in [0.05, 0.1) is 36.5 Å². The number of rotatable bonds is 7. The monoisotopic (exact) mass is 488 g/mol. The number of likely N-dealkylation sites (tertiary alicyclic amines) is 1. The molecule has 1 atom stereocenters. The van der Waals surface area contributed by atoms with E-state index < -0.39 is 12.2 Å². The van der Waals surface area contributed by atoms with Crippen molar-refractivity contribution < 1.29 is 19.4 Å². The smallest absolute Gasteiger partial charge is 0.338 e. The highest BCUT2D eigenvalue weighted by Gasteiger charge is 2.34. The van der Waals surface area contributed by atoms with E-state index in [0.717, 1.165) is 36.7 Å². The highest BCUT2D eigenvalue weighted by molar-refractivity contribution is 5.97. The zero-order valence-electron chi connectivity index (χ0n) is 21.2. The molecule has 2 aliphatic rings. The first kappa shape index (κ1) is 23.1. The van der Waals surface area contributed by atoms with Crippen LogP contribution in [-0.4, -0.2) is 63.6 Å². The van der Waals surface area contributed by atoms with Gasteiger partial charge in [-0.05, 0) is 49.4 Å². The molecular formula is C28H32N4O4. The van der Waals surface area contributed by atoms with Crippen molar-refractivity contribution in [3.05, 3.63) is 47.5 Å². The third-order valence-corrected chi connectivity index (χ3v) is 7.77. The van der Waals surface area contributed by atoms with Crippen LogP contribution in [0.4, 0.5) is 0 Å². The molecule has 0 amide bonds. The van der Waals surface area contributed by atoms with Crippen molar-refractivity contribution in [2.24, 2.45) is 13.0 Å². The second-order valence-electron chi connectivity index (χ2n) is 10.2. The Labute approximate surface area is 210 Å². The van der Waals surface area contributed by atoms with Gasteiger partial charge in [-0.25, -0.2) is 9.78 Å². The largest absolute Gasteiger partial charge is 0.494 e. The number of carbonyl (C=O) groups is 1. The number of aliphatic hydroxyl groups is 1. The summed E-state index contributed by atoms with van der Waals surface area (Å²) in [5, 5.41) is 11.2. The highest BCUT2D eigenvalue weighted by atomic mass is 16.5. The first-order valence-corrected chi connectivity index (χ1v) is 12.6. The van der Waals surface area contributed by atoms with Crippen molar-refractivity contribution in [2.45, 2.75) is 38.5 Å². The summed E-state index contributed by atoms with van der Waals surface area (Å²) in [5.74, 6) is 2.09. The second-order valence-corrected chi connectivity index (χ2v) is 10.2. The molecule has 6 rings (SSSR count). The Morgan fingerprint density at radius 3 is 2.61 bits per heavy atom. The van der Waals surface area contributed by atoms with E-state index in [-0.39, 0.29) is 0 Å². The number of carbonyl (C=O) groups excluding carboxylic acids is 1. The fourth-order valence-corrected chi connectivity index (χ4v) is 5.56. The van der Waals surface area contributed by atoms with Crippen LogP contribution in [0.2, 0.25) is 0 Å². The number of benzene rings is 2. The molecular weight excluding hydrogens is 456 g/mol. The number of aliphatic hydroxyl groups excluding tert-OH is 1. The summed E-state index contributed by atoms with van der Waals surface area (Å²) < 4.78 is 15.1. The molecule has 2 aromatic carbocycles. The normalized spacial score (nSPS) is 17.5. The Kier molecular flexibility index (Phi) is 5.53. The molecule has 8 nitrogen and oxygen atoms in total. The molecule has 1 saturated carbocycles. The number of para-hydroxylation sites is 1. The predicted molar refractivity (Wildman–Crippen MR) is 138 cm³/mol. The van der Waals surface area contributed by atoms with E-state index in [4.69, 9.17) is 14.5 Å². The van der Waals surface area contributed by atoms with Gasteiger partial charge >= 0.3 is 5.97 Å². The third kappa shape index (κ3) is 3.67. The van der Waals surface area contributed by atoms with Gasteiger partial charge in [0.2, 0.25) is 0 Å². The van der Waals surface area contributed by atoms with Gasteiger partial charge in [-0.2, -0.15) is 0 Å². The predicted octanol–water partition coefficient (Wildman–Crippen LogP) is 4.14. The van der Waals surface area contributed by atoms with Crippen LogP contribution in [0.1, 0.15) is 41.6 Å². The van der Waals surface area contributed by atoms with Crippen molar-refractivity contribution in [3.8, 4) is 17.3 Å². The van der Waals surface area contributed by atoms with Gasteiger partial charge in [-0.15, -0.1) is 0 Å². The average Bonchev–Trinajstić information content (AvgIpc) is 3.50. The Morgan fingerprint density at radius 1 is 1.17 bits per heavy atom. The second kappa shape index (κ2) is 8.64. The molecule has 1 unspecified atom stereocenters. The minimum atomic E-state index is -0.417. The number of hydrogen-bond acceptors (Lipinski definition) is 6. The van der Waals surface area contributed by atoms with Crippen LogP contribution in [-0.2, 0) is 18.3 Å². The van der Waals surface area contributed by atoms with Crippen LogP contribution in [0.5, 0.6) is 5.75 Å². The van der Waals surface area contributed by atoms with Gasteiger partial charge in [0.1, 0.15) is 17.5 Å². The number of nitrogens with zero attached hydrogens (tertiary/aromatic N) is 4. The molecule has 1 saturated heterocycles. The standard InChI is InChI=1S/C28H32N4O4/c1-16(33)31-14-20(15-31)21-7-5-6-18-11-23(32(25(18)21)13-17-8-9-17)27-29-22-10-19(28(34)36-4)12-24(35-3)26(22)30(27)2/h5-7,10-12,16-17,20,33H,8-9,13-15H2,1-4H3. The Hall–Kier alpha value is -3.36. The van der Waals surface area contributed by atoms with E-state index in [0.29, 0.717) is 28.7 Å². The lowest BCUT2D eigenvalue weighted by Gasteiger charge is -2.41. The van der Waals surface area contributed by atoms with Crippen molar-refractivity contribution in [1.29, 1.82) is 0 Å². The van der Waals surface area contributed by atoms with Gasteiger partial charge in [-0.1, -0.05) is 18.2 Å². The first-order valence-electron chi connectivity index (χ1n) is 12.6. The van der Waals surface area contributed by atoms with Gasteiger partial charge in [0, 0.05) is 38.0 Å². The van der Waals surface area contributed by atoms with Gasteiger partial charge in [0.25, 0.3) is 0 Å². The van der Waals surface area contributed by atoms with Gasteiger partial charge in [0.15, 0.2) is 5.82 Å². The Balaban J connectivity index is 1.53. The van der Waals surface area contributed by atoms with Crippen molar-refractivity contribution in [3.63, 3.8) is 0 Å². The van der Waals surface area contributed by atoms with Crippen LogP contribution in [0, 0.1) is 5.92 Å². The number of aryl methyl sites for hydroxylation is 1. The van der Waals surface area contributed by atoms with E-state index in [2.05, 4.69) is 38.3 Å². The van der Waals surface area contributed by atoms with Crippen molar-refractivity contribution >= 4 is 27.9 Å². The van der Waals surface area contributed by atoms with E-state index in [1.165, 1.54) is 36.4 Å². The molecule has 0 radical (unpaired) electrons. The lowest BCUT2D eigenvalue weighted by molar-refractivity contribution is -0.0329. The summed E-state index contributed by atoms with van der Waals surface area (Å²) in [6.07, 6.45) is 2.08. The molecule has 2 aromatic heterocycles. The van der Waals surface area contributed by atoms with Crippen LogP contribution in [0.25, 0.3) is 33.5 Å². The summed E-state index contributed by atoms with van der Waals surface area (Å²) in [4.78, 5) is 19.4. The first-order chi connectivity index (χ1) is 17.4. The number of aromatic nitrogens is 3. The summed E-state index contributed by atoms with van der Waals surface area (Å²) in [6.45, 7) is 4.51. The maximum absolute atomic E-state index is 12.3. The van der Waals surface area contributed by atoms with Gasteiger partial charge in [-0.3, -0.25) is 4.90 Å². The molecule has 4 aromatic rings. The lowest BCUT2D eigenvalue weighted by atomic mass is 9.90. The Bertz CT molecular complexity index is 1470. The molecule has 3 heterocycles. The van der Waals surface area contributed by atoms with Crippen molar-refractivity contribution in [2.75, 3.05) is 27.3 Å². The summed E-state index contributed by atoms with van der Waals surface area (Å²) in [5.41, 5.74) is 5.62. The number of methoxy groups -OCH3 is 2. The molecule has 1 aliphatic carbocycles. The van der Waals surface area contributed by atoms with Crippen molar-refractivity contribution in [1.82, 2.24) is 19.0 Å². The van der Waals surface area contributed by atoms with E-state index >= 15 is 0 Å². The highest BCUT2D eigenvalue weighted by Crippen LogP contribution is 2.41.